The van der Waals surface area contributed by atoms with Crippen LogP contribution in [0.1, 0.15) is 51.3 Å². The number of nitriles is 1. The average molecular weight is 463 g/mol. The maximum absolute atomic E-state index is 12.5. The molecule has 2 amide bonds. The summed E-state index contributed by atoms with van der Waals surface area (Å²) in [5, 5.41) is 31.4. The van der Waals surface area contributed by atoms with E-state index in [0.717, 1.165) is 17.8 Å². The molecule has 4 N–H and O–H groups in total. The SMILES string of the molecule is CC(CNC(=O)Nc1cccc(NC=C(C#N)c2nn[nH]n2)c1)OC12CC3CC(CC(C3)C1)C2. The van der Waals surface area contributed by atoms with Gasteiger partial charge in [-0.3, -0.25) is 0 Å². The zero-order valence-corrected chi connectivity index (χ0v) is 19.3. The molecule has 1 heterocycles. The van der Waals surface area contributed by atoms with E-state index in [-0.39, 0.29) is 29.1 Å². The number of allylic oxidation sites excluding steroid dienone is 1. The lowest BCUT2D eigenvalue weighted by Gasteiger charge is -2.57. The zero-order chi connectivity index (χ0) is 23.5. The van der Waals surface area contributed by atoms with E-state index in [1.807, 2.05) is 25.1 Å². The quantitative estimate of drug-likeness (QED) is 0.439. The number of hydrogen-bond donors (Lipinski definition) is 4. The number of nitrogens with zero attached hydrogens (tertiary/aromatic N) is 4. The Bertz CT molecular complexity index is 1060. The highest BCUT2D eigenvalue weighted by molar-refractivity contribution is 5.89. The van der Waals surface area contributed by atoms with E-state index in [1.54, 1.807) is 12.1 Å². The van der Waals surface area contributed by atoms with E-state index >= 15 is 0 Å². The van der Waals surface area contributed by atoms with Gasteiger partial charge in [-0.2, -0.15) is 10.5 Å². The Morgan fingerprint density at radius 2 is 1.97 bits per heavy atom. The molecule has 1 atom stereocenters. The van der Waals surface area contributed by atoms with Crippen molar-refractivity contribution in [3.63, 3.8) is 0 Å². The number of anilines is 2. The zero-order valence-electron chi connectivity index (χ0n) is 19.3. The van der Waals surface area contributed by atoms with Crippen LogP contribution in [0.5, 0.6) is 0 Å². The summed E-state index contributed by atoms with van der Waals surface area (Å²) in [5.74, 6) is 2.71. The number of ether oxygens (including phenoxy) is 1. The van der Waals surface area contributed by atoms with Crippen molar-refractivity contribution in [1.82, 2.24) is 25.9 Å². The number of tetrazole rings is 1. The first-order valence-corrected chi connectivity index (χ1v) is 11.9. The molecule has 0 aliphatic heterocycles. The van der Waals surface area contributed by atoms with Crippen molar-refractivity contribution in [1.29, 1.82) is 5.26 Å². The molecule has 10 heteroatoms. The van der Waals surface area contributed by atoms with Crippen molar-refractivity contribution >= 4 is 23.0 Å². The monoisotopic (exact) mass is 462 g/mol. The molecule has 1 aromatic heterocycles. The van der Waals surface area contributed by atoms with Gasteiger partial charge in [0.05, 0.1) is 11.7 Å². The van der Waals surface area contributed by atoms with Crippen molar-refractivity contribution < 1.29 is 9.53 Å². The number of urea groups is 1. The van der Waals surface area contributed by atoms with Crippen molar-refractivity contribution in [3.8, 4) is 6.07 Å². The van der Waals surface area contributed by atoms with E-state index in [1.165, 1.54) is 44.7 Å². The predicted molar refractivity (Wildman–Crippen MR) is 126 cm³/mol. The molecule has 0 saturated heterocycles. The number of nitrogens with one attached hydrogen (secondary N) is 4. The number of amides is 2. The molecule has 4 bridgehead atoms. The van der Waals surface area contributed by atoms with Gasteiger partial charge in [-0.1, -0.05) is 6.07 Å². The molecule has 10 nitrogen and oxygen atoms in total. The van der Waals surface area contributed by atoms with Crippen LogP contribution in [-0.4, -0.2) is 44.9 Å². The molecule has 4 aliphatic carbocycles. The van der Waals surface area contributed by atoms with E-state index in [0.29, 0.717) is 17.9 Å². The number of aromatic amines is 1. The number of carbonyl (C=O) groups excluding carboxylic acids is 1. The van der Waals surface area contributed by atoms with Crippen molar-refractivity contribution in [3.05, 3.63) is 36.3 Å². The lowest BCUT2D eigenvalue weighted by molar-refractivity contribution is -0.182. The van der Waals surface area contributed by atoms with Crippen molar-refractivity contribution in [2.45, 2.75) is 57.2 Å². The van der Waals surface area contributed by atoms with Crippen LogP contribution in [0.25, 0.3) is 5.57 Å². The summed E-state index contributed by atoms with van der Waals surface area (Å²) in [6.07, 6.45) is 9.17. The van der Waals surface area contributed by atoms with Crippen LogP contribution in [0.15, 0.2) is 30.5 Å². The summed E-state index contributed by atoms with van der Waals surface area (Å²) in [6.45, 7) is 2.51. The van der Waals surface area contributed by atoms with Gasteiger partial charge >= 0.3 is 6.03 Å². The molecule has 4 saturated carbocycles. The Morgan fingerprint density at radius 3 is 2.62 bits per heavy atom. The fourth-order valence-corrected chi connectivity index (χ4v) is 6.32. The second kappa shape index (κ2) is 9.43. The highest BCUT2D eigenvalue weighted by atomic mass is 16.5. The molecule has 4 aliphatic rings. The topological polar surface area (TPSA) is 141 Å². The summed E-state index contributed by atoms with van der Waals surface area (Å²) in [7, 11) is 0. The fourth-order valence-electron chi connectivity index (χ4n) is 6.32. The lowest BCUT2D eigenvalue weighted by Crippen LogP contribution is -2.54. The number of benzene rings is 1. The molecule has 178 valence electrons. The highest BCUT2D eigenvalue weighted by Crippen LogP contribution is 2.57. The number of carbonyl (C=O) groups is 1. The molecule has 34 heavy (non-hydrogen) atoms. The fraction of sp³-hybridized carbons (Fsp3) is 0.542. The third-order valence-electron chi connectivity index (χ3n) is 7.19. The second-order valence-electron chi connectivity index (χ2n) is 9.99. The summed E-state index contributed by atoms with van der Waals surface area (Å²) in [5.41, 5.74) is 1.60. The molecular formula is C24H30N8O2. The van der Waals surface area contributed by atoms with Crippen LogP contribution in [0.4, 0.5) is 16.2 Å². The Kier molecular flexibility index (Phi) is 6.20. The summed E-state index contributed by atoms with van der Waals surface area (Å²) >= 11 is 0. The minimum Gasteiger partial charge on any atom is -0.370 e. The third-order valence-corrected chi connectivity index (χ3v) is 7.19. The first kappa shape index (κ1) is 22.3. The smallest absolute Gasteiger partial charge is 0.319 e. The molecular weight excluding hydrogens is 432 g/mol. The van der Waals surface area contributed by atoms with Gasteiger partial charge in [0.2, 0.25) is 5.82 Å². The van der Waals surface area contributed by atoms with E-state index < -0.39 is 0 Å². The molecule has 1 aromatic carbocycles. The maximum atomic E-state index is 12.5. The predicted octanol–water partition coefficient (Wildman–Crippen LogP) is 3.67. The minimum atomic E-state index is -0.279. The van der Waals surface area contributed by atoms with E-state index in [2.05, 4.69) is 36.6 Å². The molecule has 0 spiro atoms. The molecule has 6 rings (SSSR count). The number of rotatable bonds is 8. The first-order valence-electron chi connectivity index (χ1n) is 11.9. The number of hydrogen-bond acceptors (Lipinski definition) is 7. The van der Waals surface area contributed by atoms with Crippen LogP contribution < -0.4 is 16.0 Å². The largest absolute Gasteiger partial charge is 0.370 e. The molecule has 1 unspecified atom stereocenters. The Hall–Kier alpha value is -3.45. The van der Waals surface area contributed by atoms with Crippen LogP contribution in [0.3, 0.4) is 0 Å². The van der Waals surface area contributed by atoms with Gasteiger partial charge in [0, 0.05) is 24.1 Å². The standard InChI is InChI=1S/C24H30N8O2/c1-15(34-24-9-16-5-17(10-24)7-18(6-16)11-24)13-27-23(33)28-21-4-2-3-20(8-21)26-14-19(12-25)22-29-31-32-30-22/h2-4,8,14-18,26H,5-7,9-11,13H2,1H3,(H2,27,28,33)(H,29,30,31,32). The van der Waals surface area contributed by atoms with Gasteiger partial charge in [0.1, 0.15) is 11.6 Å². The van der Waals surface area contributed by atoms with E-state index in [4.69, 9.17) is 4.74 Å². The summed E-state index contributed by atoms with van der Waals surface area (Å²) in [4.78, 5) is 12.5. The van der Waals surface area contributed by atoms with Crippen LogP contribution in [0, 0.1) is 29.1 Å². The molecule has 4 fully saturated rings. The summed E-state index contributed by atoms with van der Waals surface area (Å²) in [6, 6.07) is 8.95. The van der Waals surface area contributed by atoms with Gasteiger partial charge in [0.15, 0.2) is 0 Å². The highest BCUT2D eigenvalue weighted by Gasteiger charge is 2.52. The second-order valence-corrected chi connectivity index (χ2v) is 9.99. The Labute approximate surface area is 198 Å². The average Bonchev–Trinajstić information content (AvgIpc) is 3.32. The number of H-pyrrole nitrogens is 1. The Morgan fingerprint density at radius 1 is 1.26 bits per heavy atom. The normalized spacial score (nSPS) is 28.2. The lowest BCUT2D eigenvalue weighted by atomic mass is 9.54. The number of aromatic nitrogens is 4. The van der Waals surface area contributed by atoms with Gasteiger partial charge < -0.3 is 20.7 Å². The third kappa shape index (κ3) is 5.04. The van der Waals surface area contributed by atoms with Gasteiger partial charge in [-0.05, 0) is 86.6 Å². The van der Waals surface area contributed by atoms with Crippen LogP contribution >= 0.6 is 0 Å². The minimum absolute atomic E-state index is 0.0314. The molecule has 2 aromatic rings. The maximum Gasteiger partial charge on any atom is 0.319 e. The van der Waals surface area contributed by atoms with Crippen molar-refractivity contribution in [2.24, 2.45) is 17.8 Å². The van der Waals surface area contributed by atoms with Crippen LogP contribution in [0.2, 0.25) is 0 Å². The Balaban J connectivity index is 1.11. The van der Waals surface area contributed by atoms with Gasteiger partial charge in [-0.15, -0.1) is 10.2 Å². The van der Waals surface area contributed by atoms with Gasteiger partial charge in [-0.25, -0.2) is 4.79 Å². The van der Waals surface area contributed by atoms with Crippen LogP contribution in [-0.2, 0) is 4.74 Å². The van der Waals surface area contributed by atoms with E-state index in [9.17, 15) is 10.1 Å². The van der Waals surface area contributed by atoms with Crippen molar-refractivity contribution in [2.75, 3.05) is 17.2 Å². The molecule has 0 radical (unpaired) electrons. The van der Waals surface area contributed by atoms with Gasteiger partial charge in [0.25, 0.3) is 0 Å². The first-order chi connectivity index (χ1) is 16.5. The summed E-state index contributed by atoms with van der Waals surface area (Å²) < 4.78 is 6.56.